The summed E-state index contributed by atoms with van der Waals surface area (Å²) in [6, 6.07) is 0. The smallest absolute Gasteiger partial charge is 0.243 e. The second-order valence-corrected chi connectivity index (χ2v) is 7.34. The van der Waals surface area contributed by atoms with Gasteiger partial charge in [-0.25, -0.2) is 0 Å². The van der Waals surface area contributed by atoms with E-state index in [0.29, 0.717) is 25.8 Å². The molecule has 0 saturated heterocycles. The molecule has 3 nitrogen and oxygen atoms in total. The molecular weight excluding hydrogens is 382 g/mol. The third-order valence-corrected chi connectivity index (χ3v) is 4.42. The Morgan fingerprint density at radius 2 is 1.10 bits per heavy atom. The van der Waals surface area contributed by atoms with Gasteiger partial charge in [0.1, 0.15) is 5.78 Å². The number of rotatable bonds is 19. The Labute approximate surface area is 190 Å². The first-order valence-corrected chi connectivity index (χ1v) is 11.9. The van der Waals surface area contributed by atoms with Gasteiger partial charge in [-0.2, -0.15) is 0 Å². The fourth-order valence-corrected chi connectivity index (χ4v) is 2.69. The molecule has 1 amide bonds. The SMILES string of the molecule is CC/C=C\C/C=C\C/C=C\C/C=C\C/C=C\CCCC(=O)CCCNC(=O)/C=C/CC. The molecule has 1 N–H and O–H groups in total. The summed E-state index contributed by atoms with van der Waals surface area (Å²) in [6.07, 6.45) is 34.9. The lowest BCUT2D eigenvalue weighted by Gasteiger charge is -2.02. The van der Waals surface area contributed by atoms with Gasteiger partial charge in [0.2, 0.25) is 5.91 Å². The lowest BCUT2D eigenvalue weighted by atomic mass is 10.1. The van der Waals surface area contributed by atoms with E-state index in [1.165, 1.54) is 0 Å². The van der Waals surface area contributed by atoms with Crippen LogP contribution in [-0.4, -0.2) is 18.2 Å². The highest BCUT2D eigenvalue weighted by Crippen LogP contribution is 2.03. The number of hydrogen-bond acceptors (Lipinski definition) is 2. The van der Waals surface area contributed by atoms with Crippen molar-refractivity contribution < 1.29 is 9.59 Å². The van der Waals surface area contributed by atoms with E-state index in [1.807, 2.05) is 13.0 Å². The van der Waals surface area contributed by atoms with Gasteiger partial charge in [-0.1, -0.05) is 80.7 Å². The summed E-state index contributed by atoms with van der Waals surface area (Å²) in [5, 5.41) is 2.79. The van der Waals surface area contributed by atoms with Gasteiger partial charge in [0.25, 0.3) is 0 Å². The minimum absolute atomic E-state index is 0.0762. The summed E-state index contributed by atoms with van der Waals surface area (Å²) < 4.78 is 0. The van der Waals surface area contributed by atoms with E-state index in [1.54, 1.807) is 6.08 Å². The predicted molar refractivity (Wildman–Crippen MR) is 135 cm³/mol. The fraction of sp³-hybridized carbons (Fsp3) is 0.500. The molecule has 3 heteroatoms. The third-order valence-electron chi connectivity index (χ3n) is 4.42. The van der Waals surface area contributed by atoms with Crippen LogP contribution in [0.2, 0.25) is 0 Å². The van der Waals surface area contributed by atoms with Gasteiger partial charge in [-0.05, 0) is 63.9 Å². The molecule has 0 heterocycles. The lowest BCUT2D eigenvalue weighted by molar-refractivity contribution is -0.120. The zero-order valence-corrected chi connectivity index (χ0v) is 19.7. The van der Waals surface area contributed by atoms with Crippen molar-refractivity contribution >= 4 is 11.7 Å². The van der Waals surface area contributed by atoms with Gasteiger partial charge in [-0.15, -0.1) is 0 Å². The first-order valence-electron chi connectivity index (χ1n) is 11.9. The quantitative estimate of drug-likeness (QED) is 0.134. The summed E-state index contributed by atoms with van der Waals surface area (Å²) in [7, 11) is 0. The Balaban J connectivity index is 3.56. The van der Waals surface area contributed by atoms with E-state index in [0.717, 1.165) is 51.4 Å². The van der Waals surface area contributed by atoms with Crippen molar-refractivity contribution in [1.82, 2.24) is 5.32 Å². The average Bonchev–Trinajstić information content (AvgIpc) is 2.77. The molecule has 0 aromatic heterocycles. The van der Waals surface area contributed by atoms with E-state index in [-0.39, 0.29) is 11.7 Å². The number of Topliss-reactive ketones (excluding diaryl/α,β-unsaturated/α-hetero) is 1. The molecule has 0 aromatic carbocycles. The molecule has 0 aliphatic carbocycles. The third kappa shape index (κ3) is 23.7. The first kappa shape index (κ1) is 28.6. The highest BCUT2D eigenvalue weighted by molar-refractivity contribution is 5.87. The zero-order valence-electron chi connectivity index (χ0n) is 19.7. The lowest BCUT2D eigenvalue weighted by Crippen LogP contribution is -2.22. The Morgan fingerprint density at radius 1 is 0.613 bits per heavy atom. The molecule has 0 atom stereocenters. The molecule has 0 aromatic rings. The molecule has 0 aliphatic rings. The Morgan fingerprint density at radius 3 is 1.65 bits per heavy atom. The Bertz CT molecular complexity index is 621. The number of allylic oxidation sites excluding steroid dienone is 11. The molecular formula is C28H43NO2. The normalized spacial score (nSPS) is 12.6. The Hall–Kier alpha value is -2.42. The van der Waals surface area contributed by atoms with Gasteiger partial charge >= 0.3 is 0 Å². The molecule has 0 bridgehead atoms. The molecule has 0 rings (SSSR count). The van der Waals surface area contributed by atoms with Crippen molar-refractivity contribution in [3.05, 3.63) is 72.9 Å². The van der Waals surface area contributed by atoms with E-state index in [9.17, 15) is 9.59 Å². The van der Waals surface area contributed by atoms with Crippen LogP contribution in [-0.2, 0) is 9.59 Å². The number of amides is 1. The van der Waals surface area contributed by atoms with E-state index >= 15 is 0 Å². The van der Waals surface area contributed by atoms with Crippen LogP contribution in [0.3, 0.4) is 0 Å². The average molecular weight is 426 g/mol. The predicted octanol–water partition coefficient (Wildman–Crippen LogP) is 7.34. The topological polar surface area (TPSA) is 46.2 Å². The second-order valence-electron chi connectivity index (χ2n) is 7.34. The number of nitrogens with one attached hydrogen (secondary N) is 1. The maximum Gasteiger partial charge on any atom is 0.243 e. The zero-order chi connectivity index (χ0) is 22.8. The summed E-state index contributed by atoms with van der Waals surface area (Å²) in [6.45, 7) is 4.70. The van der Waals surface area contributed by atoms with E-state index in [2.05, 4.69) is 73.0 Å². The highest BCUT2D eigenvalue weighted by atomic mass is 16.1. The van der Waals surface area contributed by atoms with Gasteiger partial charge in [0, 0.05) is 19.4 Å². The van der Waals surface area contributed by atoms with Crippen LogP contribution in [0, 0.1) is 0 Å². The van der Waals surface area contributed by atoms with Crippen LogP contribution >= 0.6 is 0 Å². The number of hydrogen-bond donors (Lipinski definition) is 1. The van der Waals surface area contributed by atoms with Gasteiger partial charge in [0.05, 0.1) is 0 Å². The van der Waals surface area contributed by atoms with Crippen molar-refractivity contribution in [2.24, 2.45) is 0 Å². The first-order chi connectivity index (χ1) is 15.2. The maximum atomic E-state index is 11.8. The summed E-state index contributed by atoms with van der Waals surface area (Å²) >= 11 is 0. The van der Waals surface area contributed by atoms with Crippen molar-refractivity contribution in [2.45, 2.75) is 84.5 Å². The fourth-order valence-electron chi connectivity index (χ4n) is 2.69. The van der Waals surface area contributed by atoms with Gasteiger partial charge < -0.3 is 5.32 Å². The van der Waals surface area contributed by atoms with Crippen molar-refractivity contribution in [3.63, 3.8) is 0 Å². The van der Waals surface area contributed by atoms with Crippen LogP contribution < -0.4 is 5.32 Å². The minimum Gasteiger partial charge on any atom is -0.353 e. The molecule has 0 fully saturated rings. The Kier molecular flexibility index (Phi) is 22.0. The highest BCUT2D eigenvalue weighted by Gasteiger charge is 2.01. The number of carbonyl (C=O) groups is 2. The van der Waals surface area contributed by atoms with Gasteiger partial charge in [-0.3, -0.25) is 9.59 Å². The van der Waals surface area contributed by atoms with Crippen LogP contribution in [0.25, 0.3) is 0 Å². The van der Waals surface area contributed by atoms with Crippen LogP contribution in [0.1, 0.15) is 84.5 Å². The molecule has 31 heavy (non-hydrogen) atoms. The second kappa shape index (κ2) is 23.9. The van der Waals surface area contributed by atoms with Crippen molar-refractivity contribution in [3.8, 4) is 0 Å². The van der Waals surface area contributed by atoms with E-state index < -0.39 is 0 Å². The molecule has 0 saturated carbocycles. The minimum atomic E-state index is -0.0762. The van der Waals surface area contributed by atoms with Crippen molar-refractivity contribution in [1.29, 1.82) is 0 Å². The molecule has 0 radical (unpaired) electrons. The summed E-state index contributed by atoms with van der Waals surface area (Å²) in [4.78, 5) is 23.2. The number of carbonyl (C=O) groups excluding carboxylic acids is 2. The van der Waals surface area contributed by atoms with Crippen LogP contribution in [0.15, 0.2) is 72.9 Å². The maximum absolute atomic E-state index is 11.8. The standard InChI is InChI=1S/C28H43NO2/c1-3-5-7-8-9-10-11-12-13-14-15-16-17-18-19-20-21-23-27(30)24-22-26-29-28(31)25-6-4-2/h5-7,9-10,12-13,15-16,18-19,25H,3-4,8,11,14,17,20-24,26H2,1-2H3,(H,29,31)/b7-5-,10-9-,13-12-,16-15-,19-18-,25-6+. The summed E-state index contributed by atoms with van der Waals surface area (Å²) in [5.41, 5.74) is 0. The molecule has 0 unspecified atom stereocenters. The van der Waals surface area contributed by atoms with Crippen LogP contribution in [0.4, 0.5) is 0 Å². The monoisotopic (exact) mass is 425 g/mol. The molecule has 0 spiro atoms. The van der Waals surface area contributed by atoms with Crippen molar-refractivity contribution in [2.75, 3.05) is 6.54 Å². The largest absolute Gasteiger partial charge is 0.353 e. The summed E-state index contributed by atoms with van der Waals surface area (Å²) in [5.74, 6) is 0.207. The molecule has 172 valence electrons. The van der Waals surface area contributed by atoms with E-state index in [4.69, 9.17) is 0 Å². The number of unbranched alkanes of at least 4 members (excludes halogenated alkanes) is 1. The molecule has 0 aliphatic heterocycles. The van der Waals surface area contributed by atoms with Crippen LogP contribution in [0.5, 0.6) is 0 Å². The van der Waals surface area contributed by atoms with Gasteiger partial charge in [0.15, 0.2) is 0 Å². The number of ketones is 1.